The molecule has 2 N–H and O–H groups in total. The molecule has 0 spiro atoms. The highest BCUT2D eigenvalue weighted by atomic mass is 79.9. The first-order chi connectivity index (χ1) is 7.16. The fraction of sp³-hybridized carbons (Fsp3) is 0.556. The summed E-state index contributed by atoms with van der Waals surface area (Å²) in [4.78, 5) is 17.8. The predicted octanol–water partition coefficient (Wildman–Crippen LogP) is 0.817. The Kier molecular flexibility index (Phi) is 3.06. The summed E-state index contributed by atoms with van der Waals surface area (Å²) < 4.78 is 5.30. The molecule has 1 fully saturated rings. The van der Waals surface area contributed by atoms with Gasteiger partial charge in [0.2, 0.25) is 5.88 Å². The van der Waals surface area contributed by atoms with E-state index in [9.17, 15) is 9.90 Å². The van der Waals surface area contributed by atoms with Gasteiger partial charge in [-0.25, -0.2) is 0 Å². The summed E-state index contributed by atoms with van der Waals surface area (Å²) in [5.74, 6) is 0.637. The van der Waals surface area contributed by atoms with E-state index < -0.39 is 0 Å². The summed E-state index contributed by atoms with van der Waals surface area (Å²) >= 11 is 2.95. The number of aromatic nitrogens is 2. The maximum Gasteiger partial charge on any atom is 0.269 e. The number of nitrogens with one attached hydrogen (secondary N) is 1. The topological polar surface area (TPSA) is 75.2 Å². The van der Waals surface area contributed by atoms with Crippen LogP contribution in [0.15, 0.2) is 9.27 Å². The van der Waals surface area contributed by atoms with Crippen molar-refractivity contribution in [3.8, 4) is 5.88 Å². The summed E-state index contributed by atoms with van der Waals surface area (Å²) in [6.45, 7) is 1.46. The zero-order chi connectivity index (χ0) is 10.8. The third-order valence-electron chi connectivity index (χ3n) is 2.40. The van der Waals surface area contributed by atoms with Crippen molar-refractivity contribution in [2.24, 2.45) is 5.92 Å². The Morgan fingerprint density at radius 3 is 3.07 bits per heavy atom. The second-order valence-corrected chi connectivity index (χ2v) is 4.38. The van der Waals surface area contributed by atoms with E-state index in [4.69, 9.17) is 4.74 Å². The summed E-state index contributed by atoms with van der Waals surface area (Å²) in [6.07, 6.45) is 1.61. The van der Waals surface area contributed by atoms with Crippen molar-refractivity contribution in [1.29, 1.82) is 0 Å². The minimum Gasteiger partial charge on any atom is -0.492 e. The standard InChI is InChI=1S/C9H11BrN2O3/c10-7-8(13)11-6(12-9(7)14)3-5-1-2-15-4-5/h5H,1-4H2,(H2,11,12,13,14). The molecule has 1 unspecified atom stereocenters. The summed E-state index contributed by atoms with van der Waals surface area (Å²) in [6, 6.07) is 0. The van der Waals surface area contributed by atoms with Crippen molar-refractivity contribution < 1.29 is 9.84 Å². The van der Waals surface area contributed by atoms with Gasteiger partial charge in [-0.15, -0.1) is 0 Å². The largest absolute Gasteiger partial charge is 0.492 e. The van der Waals surface area contributed by atoms with Crippen LogP contribution < -0.4 is 5.56 Å². The van der Waals surface area contributed by atoms with Crippen LogP contribution in [0, 0.1) is 5.92 Å². The molecule has 2 rings (SSSR count). The highest BCUT2D eigenvalue weighted by molar-refractivity contribution is 9.10. The fourth-order valence-corrected chi connectivity index (χ4v) is 1.79. The number of rotatable bonds is 2. The highest BCUT2D eigenvalue weighted by Crippen LogP contribution is 2.19. The molecule has 1 atom stereocenters. The molecule has 15 heavy (non-hydrogen) atoms. The second kappa shape index (κ2) is 4.32. The molecule has 1 saturated heterocycles. The Bertz CT molecular complexity index is 412. The molecule has 5 nitrogen and oxygen atoms in total. The molecule has 0 aliphatic carbocycles. The van der Waals surface area contributed by atoms with E-state index in [2.05, 4.69) is 25.9 Å². The molecule has 1 aromatic heterocycles. The van der Waals surface area contributed by atoms with Gasteiger partial charge in [0.1, 0.15) is 10.3 Å². The molecule has 0 saturated carbocycles. The van der Waals surface area contributed by atoms with E-state index in [1.807, 2.05) is 0 Å². The molecule has 0 bridgehead atoms. The van der Waals surface area contributed by atoms with E-state index in [0.29, 0.717) is 24.8 Å². The fourth-order valence-electron chi connectivity index (χ4n) is 1.61. The van der Waals surface area contributed by atoms with Crippen LogP contribution in [0.5, 0.6) is 5.88 Å². The van der Waals surface area contributed by atoms with Gasteiger partial charge in [0.15, 0.2) is 0 Å². The number of ether oxygens (including phenoxy) is 1. The maximum atomic E-state index is 11.3. The van der Waals surface area contributed by atoms with Crippen molar-refractivity contribution in [3.63, 3.8) is 0 Å². The number of hydrogen-bond acceptors (Lipinski definition) is 4. The lowest BCUT2D eigenvalue weighted by molar-refractivity contribution is 0.185. The van der Waals surface area contributed by atoms with Gasteiger partial charge in [-0.05, 0) is 28.3 Å². The SMILES string of the molecule is O=c1[nH]c(CC2CCOC2)nc(O)c1Br. The van der Waals surface area contributed by atoms with E-state index >= 15 is 0 Å². The average molecular weight is 275 g/mol. The number of aromatic amines is 1. The van der Waals surface area contributed by atoms with Crippen LogP contribution in [-0.2, 0) is 11.2 Å². The molecule has 6 heteroatoms. The van der Waals surface area contributed by atoms with Gasteiger partial charge >= 0.3 is 0 Å². The van der Waals surface area contributed by atoms with Crippen molar-refractivity contribution in [3.05, 3.63) is 20.7 Å². The van der Waals surface area contributed by atoms with Gasteiger partial charge in [-0.3, -0.25) is 4.79 Å². The van der Waals surface area contributed by atoms with Gasteiger partial charge < -0.3 is 14.8 Å². The van der Waals surface area contributed by atoms with Crippen molar-refractivity contribution in [2.75, 3.05) is 13.2 Å². The van der Waals surface area contributed by atoms with Crippen LogP contribution in [0.25, 0.3) is 0 Å². The van der Waals surface area contributed by atoms with Gasteiger partial charge in [0.05, 0.1) is 0 Å². The van der Waals surface area contributed by atoms with Crippen molar-refractivity contribution >= 4 is 15.9 Å². The monoisotopic (exact) mass is 274 g/mol. The van der Waals surface area contributed by atoms with Crippen LogP contribution in [0.1, 0.15) is 12.2 Å². The van der Waals surface area contributed by atoms with Gasteiger partial charge in [0.25, 0.3) is 5.56 Å². The first kappa shape index (κ1) is 10.6. The summed E-state index contributed by atoms with van der Waals surface area (Å²) in [5, 5.41) is 9.35. The highest BCUT2D eigenvalue weighted by Gasteiger charge is 2.18. The van der Waals surface area contributed by atoms with Crippen LogP contribution in [-0.4, -0.2) is 28.3 Å². The maximum absolute atomic E-state index is 11.3. The molecular weight excluding hydrogens is 264 g/mol. The molecule has 2 heterocycles. The van der Waals surface area contributed by atoms with E-state index in [1.165, 1.54) is 0 Å². The minimum atomic E-state index is -0.351. The zero-order valence-electron chi connectivity index (χ0n) is 7.99. The first-order valence-electron chi connectivity index (χ1n) is 4.72. The third kappa shape index (κ3) is 2.38. The quantitative estimate of drug-likeness (QED) is 0.837. The molecule has 1 aromatic rings. The number of H-pyrrole nitrogens is 1. The predicted molar refractivity (Wildman–Crippen MR) is 56.9 cm³/mol. The number of aromatic hydroxyl groups is 1. The van der Waals surface area contributed by atoms with Crippen LogP contribution in [0.3, 0.4) is 0 Å². The van der Waals surface area contributed by atoms with E-state index in [0.717, 1.165) is 13.0 Å². The molecular formula is C9H11BrN2O3. The van der Waals surface area contributed by atoms with Crippen LogP contribution in [0.4, 0.5) is 0 Å². The lowest BCUT2D eigenvalue weighted by atomic mass is 10.1. The first-order valence-corrected chi connectivity index (χ1v) is 5.51. The lowest BCUT2D eigenvalue weighted by Gasteiger charge is -2.06. The van der Waals surface area contributed by atoms with E-state index in [1.54, 1.807) is 0 Å². The van der Waals surface area contributed by atoms with Gasteiger partial charge in [0, 0.05) is 19.6 Å². The minimum absolute atomic E-state index is 0.0777. The normalized spacial score (nSPS) is 20.7. The second-order valence-electron chi connectivity index (χ2n) is 3.58. The summed E-state index contributed by atoms with van der Waals surface area (Å²) in [7, 11) is 0. The molecule has 0 radical (unpaired) electrons. The van der Waals surface area contributed by atoms with Gasteiger partial charge in [-0.2, -0.15) is 4.98 Å². The molecule has 0 amide bonds. The molecule has 0 aromatic carbocycles. The Balaban J connectivity index is 2.18. The number of halogens is 1. The third-order valence-corrected chi connectivity index (χ3v) is 3.12. The van der Waals surface area contributed by atoms with Crippen molar-refractivity contribution in [2.45, 2.75) is 12.8 Å². The van der Waals surface area contributed by atoms with Crippen molar-refractivity contribution in [1.82, 2.24) is 9.97 Å². The lowest BCUT2D eigenvalue weighted by Crippen LogP contribution is -2.15. The number of nitrogens with zero attached hydrogens (tertiary/aromatic N) is 1. The van der Waals surface area contributed by atoms with Gasteiger partial charge in [-0.1, -0.05) is 0 Å². The zero-order valence-corrected chi connectivity index (χ0v) is 9.58. The summed E-state index contributed by atoms with van der Waals surface area (Å²) in [5.41, 5.74) is -0.351. The Labute approximate surface area is 94.6 Å². The number of hydrogen-bond donors (Lipinski definition) is 2. The molecule has 1 aliphatic rings. The molecule has 82 valence electrons. The van der Waals surface area contributed by atoms with Crippen LogP contribution >= 0.6 is 15.9 Å². The smallest absolute Gasteiger partial charge is 0.269 e. The van der Waals surface area contributed by atoms with Crippen LogP contribution in [0.2, 0.25) is 0 Å². The van der Waals surface area contributed by atoms with E-state index in [-0.39, 0.29) is 15.9 Å². The molecule has 1 aliphatic heterocycles. The Hall–Kier alpha value is -0.880. The Morgan fingerprint density at radius 2 is 2.47 bits per heavy atom. The Morgan fingerprint density at radius 1 is 1.67 bits per heavy atom. The average Bonchev–Trinajstić information content (AvgIpc) is 2.66.